The van der Waals surface area contributed by atoms with Gasteiger partial charge in [0.15, 0.2) is 0 Å². The van der Waals surface area contributed by atoms with Crippen molar-refractivity contribution in [2.24, 2.45) is 12.5 Å². The summed E-state index contributed by atoms with van der Waals surface area (Å²) in [4.78, 5) is 0. The Balaban J connectivity index is 1.91. The third-order valence-corrected chi connectivity index (χ3v) is 4.38. The quantitative estimate of drug-likeness (QED) is 0.837. The largest absolute Gasteiger partial charge is 0.272 e. The van der Waals surface area contributed by atoms with Crippen LogP contribution >= 0.6 is 0 Å². The first-order valence-corrected chi connectivity index (χ1v) is 7.09. The summed E-state index contributed by atoms with van der Waals surface area (Å²) in [6.07, 6.45) is 3.57. The van der Waals surface area contributed by atoms with E-state index in [0.717, 1.165) is 37.1 Å². The van der Waals surface area contributed by atoms with E-state index in [4.69, 9.17) is 0 Å². The van der Waals surface area contributed by atoms with Crippen molar-refractivity contribution in [1.29, 1.82) is 5.26 Å². The molecule has 0 spiro atoms. The second-order valence-electron chi connectivity index (χ2n) is 5.92. The first-order chi connectivity index (χ1) is 9.62. The average molecular weight is 265 g/mol. The lowest BCUT2D eigenvalue weighted by atomic mass is 9.70. The van der Waals surface area contributed by atoms with Crippen LogP contribution < -0.4 is 0 Å². The van der Waals surface area contributed by atoms with Gasteiger partial charge in [-0.05, 0) is 43.4 Å². The molecule has 0 saturated heterocycles. The normalized spacial score (nSPS) is 21.2. The molecule has 20 heavy (non-hydrogen) atoms. The summed E-state index contributed by atoms with van der Waals surface area (Å²) < 4.78 is 1.91. The van der Waals surface area contributed by atoms with E-state index in [1.54, 1.807) is 0 Å². The fourth-order valence-corrected chi connectivity index (χ4v) is 3.26. The van der Waals surface area contributed by atoms with Crippen LogP contribution in [0.5, 0.6) is 0 Å². The van der Waals surface area contributed by atoms with E-state index in [-0.39, 0.29) is 5.41 Å². The molecule has 2 aromatic rings. The number of benzene rings is 1. The highest BCUT2D eigenvalue weighted by Gasteiger charge is 2.35. The lowest BCUT2D eigenvalue weighted by Gasteiger charge is -2.32. The van der Waals surface area contributed by atoms with Crippen LogP contribution in [0.4, 0.5) is 0 Å². The Bertz CT molecular complexity index is 678. The Labute approximate surface area is 119 Å². The number of hydrogen-bond donors (Lipinski definition) is 0. The molecule has 0 saturated carbocycles. The molecule has 3 heteroatoms. The molecule has 1 unspecified atom stereocenters. The SMILES string of the molecule is Cc1cc(CC2(C#N)CCc3ccccc3C2)n(C)n1. The molecule has 0 bridgehead atoms. The van der Waals surface area contributed by atoms with Crippen molar-refractivity contribution in [3.63, 3.8) is 0 Å². The zero-order valence-electron chi connectivity index (χ0n) is 12.1. The third kappa shape index (κ3) is 2.22. The van der Waals surface area contributed by atoms with Gasteiger partial charge in [-0.25, -0.2) is 0 Å². The summed E-state index contributed by atoms with van der Waals surface area (Å²) in [5.41, 5.74) is 4.63. The Hall–Kier alpha value is -2.08. The van der Waals surface area contributed by atoms with Crippen molar-refractivity contribution in [2.45, 2.75) is 32.6 Å². The summed E-state index contributed by atoms with van der Waals surface area (Å²) in [7, 11) is 1.96. The fourth-order valence-electron chi connectivity index (χ4n) is 3.26. The van der Waals surface area contributed by atoms with Crippen LogP contribution in [0.25, 0.3) is 0 Å². The summed E-state index contributed by atoms with van der Waals surface area (Å²) in [5.74, 6) is 0. The van der Waals surface area contributed by atoms with Gasteiger partial charge in [0.05, 0.1) is 17.2 Å². The Morgan fingerprint density at radius 3 is 2.75 bits per heavy atom. The summed E-state index contributed by atoms with van der Waals surface area (Å²) in [6.45, 7) is 2.00. The van der Waals surface area contributed by atoms with Gasteiger partial charge in [-0.2, -0.15) is 10.4 Å². The molecule has 1 aliphatic carbocycles. The van der Waals surface area contributed by atoms with Crippen LogP contribution in [0.3, 0.4) is 0 Å². The van der Waals surface area contributed by atoms with Crippen LogP contribution in [0, 0.1) is 23.7 Å². The molecule has 3 nitrogen and oxygen atoms in total. The van der Waals surface area contributed by atoms with Crippen molar-refractivity contribution in [1.82, 2.24) is 9.78 Å². The number of fused-ring (bicyclic) bond motifs is 1. The van der Waals surface area contributed by atoms with Gasteiger partial charge in [0.1, 0.15) is 0 Å². The highest BCUT2D eigenvalue weighted by atomic mass is 15.3. The van der Waals surface area contributed by atoms with Gasteiger partial charge in [0, 0.05) is 19.2 Å². The molecule has 0 radical (unpaired) electrons. The minimum Gasteiger partial charge on any atom is -0.272 e. The molecular weight excluding hydrogens is 246 g/mol. The first-order valence-electron chi connectivity index (χ1n) is 7.09. The molecule has 1 aromatic heterocycles. The molecule has 1 atom stereocenters. The van der Waals surface area contributed by atoms with Crippen molar-refractivity contribution < 1.29 is 0 Å². The van der Waals surface area contributed by atoms with E-state index < -0.39 is 0 Å². The summed E-state index contributed by atoms with van der Waals surface area (Å²) in [5, 5.41) is 14.1. The Kier molecular flexibility index (Phi) is 3.10. The number of rotatable bonds is 2. The number of aryl methyl sites for hydroxylation is 3. The standard InChI is InChI=1S/C17H19N3/c1-13-9-16(20(2)19-13)11-17(12-18)8-7-14-5-3-4-6-15(14)10-17/h3-6,9H,7-8,10-11H2,1-2H3. The number of nitrogens with zero attached hydrogens (tertiary/aromatic N) is 3. The Morgan fingerprint density at radius 2 is 2.10 bits per heavy atom. The molecule has 0 amide bonds. The topological polar surface area (TPSA) is 41.6 Å². The maximum atomic E-state index is 9.75. The van der Waals surface area contributed by atoms with Gasteiger partial charge in [-0.3, -0.25) is 4.68 Å². The zero-order chi connectivity index (χ0) is 14.2. The van der Waals surface area contributed by atoms with E-state index in [1.165, 1.54) is 11.1 Å². The number of nitriles is 1. The van der Waals surface area contributed by atoms with Crippen LogP contribution in [0.2, 0.25) is 0 Å². The molecule has 0 fully saturated rings. The molecular formula is C17H19N3. The van der Waals surface area contributed by atoms with Gasteiger partial charge in [-0.15, -0.1) is 0 Å². The van der Waals surface area contributed by atoms with E-state index in [2.05, 4.69) is 41.5 Å². The maximum absolute atomic E-state index is 9.75. The molecule has 3 rings (SSSR count). The molecule has 0 aliphatic heterocycles. The molecule has 1 aliphatic rings. The van der Waals surface area contributed by atoms with Crippen molar-refractivity contribution >= 4 is 0 Å². The van der Waals surface area contributed by atoms with E-state index in [1.807, 2.05) is 18.7 Å². The third-order valence-electron chi connectivity index (χ3n) is 4.38. The van der Waals surface area contributed by atoms with E-state index in [0.29, 0.717) is 0 Å². The van der Waals surface area contributed by atoms with Gasteiger partial charge in [0.2, 0.25) is 0 Å². The van der Waals surface area contributed by atoms with Crippen molar-refractivity contribution in [3.8, 4) is 6.07 Å². The Morgan fingerprint density at radius 1 is 1.35 bits per heavy atom. The highest BCUT2D eigenvalue weighted by molar-refractivity contribution is 5.33. The minimum absolute atomic E-state index is 0.283. The highest BCUT2D eigenvalue weighted by Crippen LogP contribution is 2.37. The average Bonchev–Trinajstić information content (AvgIpc) is 2.76. The predicted octanol–water partition coefficient (Wildman–Crippen LogP) is 2.97. The summed E-state index contributed by atoms with van der Waals surface area (Å²) >= 11 is 0. The molecule has 1 aromatic carbocycles. The van der Waals surface area contributed by atoms with Gasteiger partial charge in [0.25, 0.3) is 0 Å². The molecule has 0 N–H and O–H groups in total. The molecule has 1 heterocycles. The lowest BCUT2D eigenvalue weighted by molar-refractivity contribution is 0.331. The van der Waals surface area contributed by atoms with Crippen LogP contribution in [-0.4, -0.2) is 9.78 Å². The monoisotopic (exact) mass is 265 g/mol. The zero-order valence-corrected chi connectivity index (χ0v) is 12.1. The predicted molar refractivity (Wildman–Crippen MR) is 78.2 cm³/mol. The fraction of sp³-hybridized carbons (Fsp3) is 0.412. The van der Waals surface area contributed by atoms with Gasteiger partial charge >= 0.3 is 0 Å². The second kappa shape index (κ2) is 4.79. The van der Waals surface area contributed by atoms with E-state index >= 15 is 0 Å². The van der Waals surface area contributed by atoms with Gasteiger partial charge in [-0.1, -0.05) is 24.3 Å². The molecule has 102 valence electrons. The minimum atomic E-state index is -0.283. The number of hydrogen-bond acceptors (Lipinski definition) is 2. The van der Waals surface area contributed by atoms with Crippen LogP contribution in [-0.2, 0) is 26.3 Å². The first kappa shape index (κ1) is 12.9. The van der Waals surface area contributed by atoms with Crippen molar-refractivity contribution in [3.05, 3.63) is 52.8 Å². The van der Waals surface area contributed by atoms with Gasteiger partial charge < -0.3 is 0 Å². The lowest BCUT2D eigenvalue weighted by Crippen LogP contribution is -2.30. The maximum Gasteiger partial charge on any atom is 0.0697 e. The van der Waals surface area contributed by atoms with Crippen LogP contribution in [0.15, 0.2) is 30.3 Å². The van der Waals surface area contributed by atoms with Crippen LogP contribution in [0.1, 0.15) is 28.9 Å². The van der Waals surface area contributed by atoms with Crippen molar-refractivity contribution in [2.75, 3.05) is 0 Å². The smallest absolute Gasteiger partial charge is 0.0697 e. The second-order valence-corrected chi connectivity index (χ2v) is 5.92. The van der Waals surface area contributed by atoms with E-state index in [9.17, 15) is 5.26 Å². The summed E-state index contributed by atoms with van der Waals surface area (Å²) in [6, 6.07) is 13.2. The number of aromatic nitrogens is 2.